The Morgan fingerprint density at radius 1 is 1.44 bits per heavy atom. The summed E-state index contributed by atoms with van der Waals surface area (Å²) in [6.45, 7) is 2.51. The molecule has 0 N–H and O–H groups in total. The number of amides is 1. The van der Waals surface area contributed by atoms with Gasteiger partial charge in [0.2, 0.25) is 0 Å². The van der Waals surface area contributed by atoms with Gasteiger partial charge in [0, 0.05) is 21.8 Å². The van der Waals surface area contributed by atoms with Crippen molar-refractivity contribution in [3.05, 3.63) is 41.6 Å². The van der Waals surface area contributed by atoms with Crippen LogP contribution in [0.3, 0.4) is 0 Å². The van der Waals surface area contributed by atoms with Gasteiger partial charge in [-0.25, -0.2) is 0 Å². The molecule has 0 aliphatic heterocycles. The smallest absolute Gasteiger partial charge is 0.265 e. The number of hydrogen-bond donors (Lipinski definition) is 0. The van der Waals surface area contributed by atoms with Gasteiger partial charge in [0.05, 0.1) is 11.6 Å². The zero-order valence-corrected chi connectivity index (χ0v) is 13.8. The van der Waals surface area contributed by atoms with Gasteiger partial charge in [0.15, 0.2) is 0 Å². The van der Waals surface area contributed by atoms with E-state index >= 15 is 0 Å². The molecule has 18 heavy (non-hydrogen) atoms. The van der Waals surface area contributed by atoms with Gasteiger partial charge in [0.1, 0.15) is 4.88 Å². The maximum Gasteiger partial charge on any atom is 0.265 e. The van der Waals surface area contributed by atoms with Crippen LogP contribution in [0.4, 0.5) is 0 Å². The topological polar surface area (TPSA) is 20.3 Å². The summed E-state index contributed by atoms with van der Waals surface area (Å²) in [4.78, 5) is 15.7. The number of halogens is 2. The van der Waals surface area contributed by atoms with Crippen molar-refractivity contribution in [2.75, 3.05) is 7.05 Å². The SMILES string of the molecule is Cc1csc(C(=O)N(C)Cc2cc(Br)cs2)c1Cl. The highest BCUT2D eigenvalue weighted by Gasteiger charge is 2.18. The highest BCUT2D eigenvalue weighted by Crippen LogP contribution is 2.29. The molecule has 2 nitrogen and oxygen atoms in total. The van der Waals surface area contributed by atoms with Crippen LogP contribution in [0.15, 0.2) is 21.3 Å². The van der Waals surface area contributed by atoms with Gasteiger partial charge in [0.25, 0.3) is 5.91 Å². The van der Waals surface area contributed by atoms with E-state index in [0.29, 0.717) is 16.4 Å². The van der Waals surface area contributed by atoms with Gasteiger partial charge >= 0.3 is 0 Å². The minimum absolute atomic E-state index is 0.0253. The zero-order chi connectivity index (χ0) is 13.3. The van der Waals surface area contributed by atoms with Crippen molar-refractivity contribution < 1.29 is 4.79 Å². The Labute approximate surface area is 127 Å². The lowest BCUT2D eigenvalue weighted by atomic mass is 10.3. The number of hydrogen-bond acceptors (Lipinski definition) is 3. The predicted octanol–water partition coefficient (Wildman–Crippen LogP) is 4.81. The Morgan fingerprint density at radius 3 is 2.67 bits per heavy atom. The summed E-state index contributed by atoms with van der Waals surface area (Å²) in [6, 6.07) is 2.02. The molecule has 96 valence electrons. The van der Waals surface area contributed by atoms with Gasteiger partial charge in [-0.3, -0.25) is 4.79 Å². The van der Waals surface area contributed by atoms with Crippen LogP contribution < -0.4 is 0 Å². The number of aryl methyl sites for hydroxylation is 1. The third-order valence-electron chi connectivity index (χ3n) is 2.45. The molecule has 1 amide bonds. The molecule has 0 atom stereocenters. The van der Waals surface area contributed by atoms with Crippen molar-refractivity contribution in [1.82, 2.24) is 4.90 Å². The maximum absolute atomic E-state index is 12.2. The molecule has 0 aliphatic carbocycles. The largest absolute Gasteiger partial charge is 0.336 e. The van der Waals surface area contributed by atoms with E-state index in [2.05, 4.69) is 15.9 Å². The Kier molecular flexibility index (Phi) is 4.48. The van der Waals surface area contributed by atoms with E-state index in [4.69, 9.17) is 11.6 Å². The molecule has 0 saturated heterocycles. The third kappa shape index (κ3) is 2.96. The molecule has 0 saturated carbocycles. The number of carbonyl (C=O) groups is 1. The first-order chi connectivity index (χ1) is 8.49. The average Bonchev–Trinajstić information content (AvgIpc) is 2.87. The molecule has 0 spiro atoms. The van der Waals surface area contributed by atoms with Gasteiger partial charge in [-0.2, -0.15) is 0 Å². The van der Waals surface area contributed by atoms with E-state index in [1.54, 1.807) is 23.3 Å². The van der Waals surface area contributed by atoms with Gasteiger partial charge in [-0.15, -0.1) is 22.7 Å². The summed E-state index contributed by atoms with van der Waals surface area (Å²) < 4.78 is 1.05. The number of rotatable bonds is 3. The number of thiophene rings is 2. The van der Waals surface area contributed by atoms with Crippen LogP contribution in [0.25, 0.3) is 0 Å². The molecule has 2 aromatic heterocycles. The monoisotopic (exact) mass is 363 g/mol. The minimum Gasteiger partial charge on any atom is -0.336 e. The van der Waals surface area contributed by atoms with Crippen molar-refractivity contribution in [3.8, 4) is 0 Å². The summed E-state index contributed by atoms with van der Waals surface area (Å²) in [7, 11) is 1.79. The molecular formula is C12H11BrClNOS2. The molecule has 0 bridgehead atoms. The van der Waals surface area contributed by atoms with Gasteiger partial charge in [-0.05, 0) is 39.9 Å². The van der Waals surface area contributed by atoms with E-state index in [9.17, 15) is 4.79 Å². The lowest BCUT2D eigenvalue weighted by Crippen LogP contribution is -2.25. The first-order valence-corrected chi connectivity index (χ1v) is 8.14. The fourth-order valence-corrected chi connectivity index (χ4v) is 4.26. The summed E-state index contributed by atoms with van der Waals surface area (Å²) in [5.74, 6) is -0.0253. The molecule has 0 unspecified atom stereocenters. The molecule has 0 aliphatic rings. The second-order valence-corrected chi connectivity index (χ2v) is 7.12. The van der Waals surface area contributed by atoms with Gasteiger partial charge in [-0.1, -0.05) is 11.6 Å². The van der Waals surface area contributed by atoms with Crippen LogP contribution in [0.5, 0.6) is 0 Å². The molecule has 0 aromatic carbocycles. The summed E-state index contributed by atoms with van der Waals surface area (Å²) >= 11 is 12.5. The van der Waals surface area contributed by atoms with Crippen LogP contribution in [0.2, 0.25) is 5.02 Å². The van der Waals surface area contributed by atoms with Crippen LogP contribution >= 0.6 is 50.2 Å². The van der Waals surface area contributed by atoms with E-state index in [1.807, 2.05) is 23.8 Å². The van der Waals surface area contributed by atoms with Crippen molar-refractivity contribution in [2.24, 2.45) is 0 Å². The quantitative estimate of drug-likeness (QED) is 0.765. The molecule has 2 heterocycles. The summed E-state index contributed by atoms with van der Waals surface area (Å²) in [5, 5.41) is 4.49. The average molecular weight is 365 g/mol. The lowest BCUT2D eigenvalue weighted by molar-refractivity contribution is 0.0791. The molecular weight excluding hydrogens is 354 g/mol. The second kappa shape index (κ2) is 5.74. The molecule has 2 rings (SSSR count). The zero-order valence-electron chi connectivity index (χ0n) is 9.87. The lowest BCUT2D eigenvalue weighted by Gasteiger charge is -2.15. The van der Waals surface area contributed by atoms with Crippen molar-refractivity contribution in [3.63, 3.8) is 0 Å². The summed E-state index contributed by atoms with van der Waals surface area (Å²) in [5.41, 5.74) is 0.956. The minimum atomic E-state index is -0.0253. The predicted molar refractivity (Wildman–Crippen MR) is 81.9 cm³/mol. The van der Waals surface area contributed by atoms with E-state index in [1.165, 1.54) is 11.3 Å². The molecule has 2 aromatic rings. The number of nitrogens with zero attached hydrogens (tertiary/aromatic N) is 1. The summed E-state index contributed by atoms with van der Waals surface area (Å²) in [6.07, 6.45) is 0. The highest BCUT2D eigenvalue weighted by molar-refractivity contribution is 9.10. The van der Waals surface area contributed by atoms with Crippen LogP contribution in [0, 0.1) is 6.92 Å². The Morgan fingerprint density at radius 2 is 2.17 bits per heavy atom. The normalized spacial score (nSPS) is 10.7. The Balaban J connectivity index is 2.12. The number of carbonyl (C=O) groups excluding carboxylic acids is 1. The third-order valence-corrected chi connectivity index (χ3v) is 5.82. The van der Waals surface area contributed by atoms with E-state index in [0.717, 1.165) is 14.9 Å². The van der Waals surface area contributed by atoms with E-state index < -0.39 is 0 Å². The molecule has 6 heteroatoms. The van der Waals surface area contributed by atoms with Crippen LogP contribution in [0.1, 0.15) is 20.1 Å². The van der Waals surface area contributed by atoms with Crippen molar-refractivity contribution in [2.45, 2.75) is 13.5 Å². The van der Waals surface area contributed by atoms with E-state index in [-0.39, 0.29) is 5.91 Å². The fraction of sp³-hybridized carbons (Fsp3) is 0.250. The van der Waals surface area contributed by atoms with Crippen LogP contribution in [-0.2, 0) is 6.54 Å². The van der Waals surface area contributed by atoms with Crippen LogP contribution in [-0.4, -0.2) is 17.9 Å². The Bertz CT molecular complexity index is 578. The standard InChI is InChI=1S/C12H11BrClNOS2/c1-7-5-18-11(10(7)14)12(16)15(2)4-9-3-8(13)6-17-9/h3,5-6H,4H2,1-2H3. The second-order valence-electron chi connectivity index (χ2n) is 3.95. The highest BCUT2D eigenvalue weighted by atomic mass is 79.9. The first-order valence-electron chi connectivity index (χ1n) is 5.21. The van der Waals surface area contributed by atoms with Crippen molar-refractivity contribution in [1.29, 1.82) is 0 Å². The maximum atomic E-state index is 12.2. The fourth-order valence-electron chi connectivity index (χ4n) is 1.49. The molecule has 0 radical (unpaired) electrons. The molecule has 0 fully saturated rings. The Hall–Kier alpha value is -0.360. The first kappa shape index (κ1) is 14.1. The van der Waals surface area contributed by atoms with Gasteiger partial charge < -0.3 is 4.90 Å². The van der Waals surface area contributed by atoms with Crippen molar-refractivity contribution >= 4 is 56.1 Å².